The van der Waals surface area contributed by atoms with Crippen molar-refractivity contribution in [3.63, 3.8) is 0 Å². The van der Waals surface area contributed by atoms with Crippen LogP contribution in [0.3, 0.4) is 0 Å². The molecule has 0 bridgehead atoms. The minimum Gasteiger partial charge on any atom is -0.497 e. The summed E-state index contributed by atoms with van der Waals surface area (Å²) in [5.74, 6) is -0.351. The number of amides is 1. The lowest BCUT2D eigenvalue weighted by Gasteiger charge is -2.22. The van der Waals surface area contributed by atoms with Gasteiger partial charge in [-0.05, 0) is 54.4 Å². The van der Waals surface area contributed by atoms with Gasteiger partial charge in [0.25, 0.3) is 0 Å². The highest BCUT2D eigenvalue weighted by Crippen LogP contribution is 2.18. The van der Waals surface area contributed by atoms with Gasteiger partial charge >= 0.3 is 0 Å². The molecule has 0 heterocycles. The van der Waals surface area contributed by atoms with Gasteiger partial charge in [-0.15, -0.1) is 0 Å². The zero-order valence-electron chi connectivity index (χ0n) is 17.0. The Bertz CT molecular complexity index is 1080. The third kappa shape index (κ3) is 6.71. The van der Waals surface area contributed by atoms with Crippen LogP contribution in [0.15, 0.2) is 53.4 Å². The molecule has 11 heteroatoms. The molecule has 0 fully saturated rings. The number of benzene rings is 2. The third-order valence-corrected chi connectivity index (χ3v) is 6.12. The lowest BCUT2D eigenvalue weighted by molar-refractivity contribution is -0.118. The van der Waals surface area contributed by atoms with E-state index in [1.54, 1.807) is 13.8 Å². The van der Waals surface area contributed by atoms with Gasteiger partial charge < -0.3 is 10.1 Å². The van der Waals surface area contributed by atoms with Crippen LogP contribution in [0.5, 0.6) is 5.75 Å². The average molecular weight is 456 g/mol. The number of hydrogen-bond donors (Lipinski definition) is 3. The highest BCUT2D eigenvalue weighted by Gasteiger charge is 2.28. The number of nitrogens with one attached hydrogen (secondary N) is 3. The molecule has 1 atom stereocenters. The fourth-order valence-electron chi connectivity index (χ4n) is 2.54. The van der Waals surface area contributed by atoms with Gasteiger partial charge in [0.15, 0.2) is 0 Å². The van der Waals surface area contributed by atoms with Crippen molar-refractivity contribution in [1.29, 1.82) is 0 Å². The van der Waals surface area contributed by atoms with Crippen LogP contribution in [0.1, 0.15) is 13.8 Å². The maximum atomic E-state index is 12.7. The number of carbonyl (C=O) groups excluding carboxylic acids is 1. The van der Waals surface area contributed by atoms with E-state index in [1.165, 1.54) is 55.6 Å². The van der Waals surface area contributed by atoms with Gasteiger partial charge in [-0.25, -0.2) is 16.8 Å². The number of hydrogen-bond acceptors (Lipinski definition) is 6. The molecular formula is C19H25N3O6S2. The molecule has 0 unspecified atom stereocenters. The number of carbonyl (C=O) groups is 1. The van der Waals surface area contributed by atoms with E-state index >= 15 is 0 Å². The molecule has 30 heavy (non-hydrogen) atoms. The number of sulfonamides is 2. The van der Waals surface area contributed by atoms with Crippen molar-refractivity contribution in [3.8, 4) is 5.75 Å². The second-order valence-electron chi connectivity index (χ2n) is 6.96. The monoisotopic (exact) mass is 455 g/mol. The Hall–Kier alpha value is -2.63. The topological polar surface area (TPSA) is 131 Å². The first-order valence-electron chi connectivity index (χ1n) is 8.96. The van der Waals surface area contributed by atoms with Gasteiger partial charge in [-0.1, -0.05) is 13.8 Å². The standard InChI is InChI=1S/C19H25N3O6S2/c1-13(2)18(22-30(26,27)17-11-9-16(28-3)10-12-17)19(23)20-14-5-7-15(8-6-14)21-29(4,24)25/h5-13,18,21-22H,1-4H3,(H,20,23)/t18-/m0/s1. The zero-order valence-corrected chi connectivity index (χ0v) is 18.7. The van der Waals surface area contributed by atoms with E-state index in [0.29, 0.717) is 17.1 Å². The van der Waals surface area contributed by atoms with E-state index in [9.17, 15) is 21.6 Å². The van der Waals surface area contributed by atoms with Gasteiger partial charge in [-0.3, -0.25) is 9.52 Å². The molecule has 0 aliphatic heterocycles. The summed E-state index contributed by atoms with van der Waals surface area (Å²) in [6, 6.07) is 10.8. The minimum atomic E-state index is -3.94. The van der Waals surface area contributed by atoms with Crippen molar-refractivity contribution in [1.82, 2.24) is 4.72 Å². The SMILES string of the molecule is COc1ccc(S(=O)(=O)N[C@H](C(=O)Nc2ccc(NS(C)(=O)=O)cc2)C(C)C)cc1. The molecule has 0 spiro atoms. The third-order valence-electron chi connectivity index (χ3n) is 4.06. The first-order valence-corrected chi connectivity index (χ1v) is 12.3. The van der Waals surface area contributed by atoms with E-state index < -0.39 is 32.0 Å². The molecule has 9 nitrogen and oxygen atoms in total. The predicted molar refractivity (Wildman–Crippen MR) is 115 cm³/mol. The molecular weight excluding hydrogens is 430 g/mol. The van der Waals surface area contributed by atoms with Gasteiger partial charge in [0.05, 0.1) is 18.3 Å². The fourth-order valence-corrected chi connectivity index (χ4v) is 4.45. The summed E-state index contributed by atoms with van der Waals surface area (Å²) in [6.45, 7) is 3.44. The molecule has 164 valence electrons. The maximum Gasteiger partial charge on any atom is 0.242 e. The number of rotatable bonds is 9. The Morgan fingerprint density at radius 3 is 1.90 bits per heavy atom. The van der Waals surface area contributed by atoms with E-state index in [2.05, 4.69) is 14.8 Å². The van der Waals surface area contributed by atoms with Crippen molar-refractivity contribution in [2.45, 2.75) is 24.8 Å². The van der Waals surface area contributed by atoms with Gasteiger partial charge in [0, 0.05) is 11.4 Å². The summed E-state index contributed by atoms with van der Waals surface area (Å²) in [6.07, 6.45) is 1.03. The molecule has 0 saturated carbocycles. The average Bonchev–Trinajstić information content (AvgIpc) is 2.66. The normalized spacial score (nSPS) is 13.0. The van der Waals surface area contributed by atoms with Crippen LogP contribution < -0.4 is 19.5 Å². The maximum absolute atomic E-state index is 12.7. The quantitative estimate of drug-likeness (QED) is 0.530. The molecule has 2 rings (SSSR count). The molecule has 0 radical (unpaired) electrons. The molecule has 0 aliphatic carbocycles. The summed E-state index contributed by atoms with van der Waals surface area (Å²) in [5.41, 5.74) is 0.740. The molecule has 1 amide bonds. The Balaban J connectivity index is 2.14. The Kier molecular flexibility index (Phi) is 7.45. The molecule has 0 saturated heterocycles. The minimum absolute atomic E-state index is 0.0120. The molecule has 3 N–H and O–H groups in total. The molecule has 0 aliphatic rings. The van der Waals surface area contributed by atoms with Gasteiger partial charge in [0.1, 0.15) is 11.8 Å². The highest BCUT2D eigenvalue weighted by molar-refractivity contribution is 7.92. The molecule has 2 aromatic carbocycles. The molecule has 0 aromatic heterocycles. The van der Waals surface area contributed by atoms with Crippen molar-refractivity contribution in [2.75, 3.05) is 23.4 Å². The van der Waals surface area contributed by atoms with Crippen LogP contribution in [0.2, 0.25) is 0 Å². The van der Waals surface area contributed by atoms with Crippen molar-refractivity contribution in [2.24, 2.45) is 5.92 Å². The van der Waals surface area contributed by atoms with Crippen molar-refractivity contribution >= 4 is 37.3 Å². The second kappa shape index (κ2) is 9.45. The predicted octanol–water partition coefficient (Wildman–Crippen LogP) is 2.01. The van der Waals surface area contributed by atoms with Crippen LogP contribution in [0.25, 0.3) is 0 Å². The van der Waals surface area contributed by atoms with Crippen LogP contribution >= 0.6 is 0 Å². The van der Waals surface area contributed by atoms with Gasteiger partial charge in [-0.2, -0.15) is 4.72 Å². The van der Waals surface area contributed by atoms with Crippen LogP contribution in [0, 0.1) is 5.92 Å². The largest absolute Gasteiger partial charge is 0.497 e. The van der Waals surface area contributed by atoms with E-state index in [4.69, 9.17) is 4.74 Å². The smallest absolute Gasteiger partial charge is 0.242 e. The van der Waals surface area contributed by atoms with E-state index in [-0.39, 0.29) is 10.8 Å². The summed E-state index contributed by atoms with van der Waals surface area (Å²) >= 11 is 0. The van der Waals surface area contributed by atoms with E-state index in [0.717, 1.165) is 6.26 Å². The van der Waals surface area contributed by atoms with Gasteiger partial charge in [0.2, 0.25) is 26.0 Å². The zero-order chi connectivity index (χ0) is 22.5. The van der Waals surface area contributed by atoms with Crippen LogP contribution in [0.4, 0.5) is 11.4 Å². The van der Waals surface area contributed by atoms with Crippen molar-refractivity contribution in [3.05, 3.63) is 48.5 Å². The highest BCUT2D eigenvalue weighted by atomic mass is 32.2. The lowest BCUT2D eigenvalue weighted by Crippen LogP contribution is -2.47. The first kappa shape index (κ1) is 23.6. The number of ether oxygens (including phenoxy) is 1. The lowest BCUT2D eigenvalue weighted by atomic mass is 10.0. The summed E-state index contributed by atoms with van der Waals surface area (Å²) in [4.78, 5) is 12.7. The number of anilines is 2. The molecule has 2 aromatic rings. The van der Waals surface area contributed by atoms with Crippen LogP contribution in [-0.2, 0) is 24.8 Å². The Labute approximate surface area is 176 Å². The first-order chi connectivity index (χ1) is 13.9. The second-order valence-corrected chi connectivity index (χ2v) is 10.4. The number of methoxy groups -OCH3 is 1. The summed E-state index contributed by atoms with van der Waals surface area (Å²) < 4.78 is 57.7. The summed E-state index contributed by atoms with van der Waals surface area (Å²) in [5, 5.41) is 2.64. The van der Waals surface area contributed by atoms with Crippen LogP contribution in [-0.4, -0.2) is 42.2 Å². The van der Waals surface area contributed by atoms with E-state index in [1.807, 2.05) is 0 Å². The fraction of sp³-hybridized carbons (Fsp3) is 0.316. The Morgan fingerprint density at radius 1 is 0.900 bits per heavy atom. The Morgan fingerprint density at radius 2 is 1.43 bits per heavy atom. The van der Waals surface area contributed by atoms with Crippen molar-refractivity contribution < 1.29 is 26.4 Å². The summed E-state index contributed by atoms with van der Waals surface area (Å²) in [7, 11) is -5.87.